The SMILES string of the molecule is CCOc1c(OC)cc(C#N)cc1C(=O)Nc1cccc(Cl)c1Cl. The van der Waals surface area contributed by atoms with Crippen molar-refractivity contribution in [2.24, 2.45) is 0 Å². The summed E-state index contributed by atoms with van der Waals surface area (Å²) in [7, 11) is 1.44. The highest BCUT2D eigenvalue weighted by Gasteiger charge is 2.20. The molecule has 24 heavy (non-hydrogen) atoms. The summed E-state index contributed by atoms with van der Waals surface area (Å²) in [5, 5.41) is 12.4. The van der Waals surface area contributed by atoms with Crippen LogP contribution in [0.4, 0.5) is 5.69 Å². The third-order valence-corrected chi connectivity index (χ3v) is 3.96. The van der Waals surface area contributed by atoms with Gasteiger partial charge in [0.15, 0.2) is 11.5 Å². The van der Waals surface area contributed by atoms with E-state index in [1.807, 2.05) is 6.07 Å². The second kappa shape index (κ2) is 7.91. The fraction of sp³-hybridized carbons (Fsp3) is 0.176. The zero-order chi connectivity index (χ0) is 17.7. The first-order valence-corrected chi connectivity index (χ1v) is 7.77. The van der Waals surface area contributed by atoms with E-state index in [0.29, 0.717) is 23.1 Å². The number of ether oxygens (including phenoxy) is 2. The normalized spacial score (nSPS) is 9.96. The van der Waals surface area contributed by atoms with Gasteiger partial charge in [0.05, 0.1) is 46.6 Å². The molecule has 0 bridgehead atoms. The van der Waals surface area contributed by atoms with E-state index in [-0.39, 0.29) is 21.9 Å². The zero-order valence-corrected chi connectivity index (χ0v) is 14.5. The molecule has 0 radical (unpaired) electrons. The van der Waals surface area contributed by atoms with Gasteiger partial charge in [-0.2, -0.15) is 5.26 Å². The highest BCUT2D eigenvalue weighted by atomic mass is 35.5. The first kappa shape index (κ1) is 17.9. The number of benzene rings is 2. The van der Waals surface area contributed by atoms with Crippen molar-refractivity contribution in [2.45, 2.75) is 6.92 Å². The number of methoxy groups -OCH3 is 1. The van der Waals surface area contributed by atoms with Crippen LogP contribution in [-0.4, -0.2) is 19.6 Å². The standard InChI is InChI=1S/C17H14Cl2N2O3/c1-3-24-16-11(7-10(9-20)8-14(16)23-2)17(22)21-13-6-4-5-12(18)15(13)19/h4-8H,3H2,1-2H3,(H,21,22). The van der Waals surface area contributed by atoms with Crippen molar-refractivity contribution in [3.8, 4) is 17.6 Å². The molecule has 0 atom stereocenters. The van der Waals surface area contributed by atoms with Gasteiger partial charge in [-0.25, -0.2) is 0 Å². The van der Waals surface area contributed by atoms with Crippen molar-refractivity contribution in [2.75, 3.05) is 19.0 Å². The minimum absolute atomic E-state index is 0.170. The van der Waals surface area contributed by atoms with E-state index < -0.39 is 5.91 Å². The van der Waals surface area contributed by atoms with Gasteiger partial charge in [0.1, 0.15) is 0 Å². The van der Waals surface area contributed by atoms with Crippen LogP contribution in [0.2, 0.25) is 10.0 Å². The molecular formula is C17H14Cl2N2O3. The number of carbonyl (C=O) groups excluding carboxylic acids is 1. The number of anilines is 1. The average Bonchev–Trinajstić information content (AvgIpc) is 2.59. The number of rotatable bonds is 5. The number of nitrogens with one attached hydrogen (secondary N) is 1. The summed E-state index contributed by atoms with van der Waals surface area (Å²) in [4.78, 5) is 12.7. The van der Waals surface area contributed by atoms with E-state index in [1.165, 1.54) is 19.2 Å². The lowest BCUT2D eigenvalue weighted by Gasteiger charge is -2.15. The minimum atomic E-state index is -0.488. The Morgan fingerprint density at radius 3 is 2.71 bits per heavy atom. The third kappa shape index (κ3) is 3.73. The number of halogens is 2. The van der Waals surface area contributed by atoms with Gasteiger partial charge in [-0.15, -0.1) is 0 Å². The Labute approximate surface area is 149 Å². The molecule has 0 saturated heterocycles. The van der Waals surface area contributed by atoms with Gasteiger partial charge in [0.25, 0.3) is 5.91 Å². The molecule has 0 aliphatic carbocycles. The molecule has 2 rings (SSSR count). The number of hydrogen-bond acceptors (Lipinski definition) is 4. The minimum Gasteiger partial charge on any atom is -0.493 e. The van der Waals surface area contributed by atoms with Gasteiger partial charge in [0.2, 0.25) is 0 Å². The van der Waals surface area contributed by atoms with E-state index in [9.17, 15) is 4.79 Å². The van der Waals surface area contributed by atoms with Crippen molar-refractivity contribution in [3.05, 3.63) is 51.5 Å². The average molecular weight is 365 g/mol. The second-order valence-corrected chi connectivity index (χ2v) is 5.44. The van der Waals surface area contributed by atoms with Crippen LogP contribution in [0.15, 0.2) is 30.3 Å². The van der Waals surface area contributed by atoms with E-state index in [4.69, 9.17) is 37.9 Å². The van der Waals surface area contributed by atoms with E-state index in [0.717, 1.165) is 0 Å². The van der Waals surface area contributed by atoms with Crippen LogP contribution in [-0.2, 0) is 0 Å². The first-order chi connectivity index (χ1) is 11.5. The summed E-state index contributed by atoms with van der Waals surface area (Å²) in [6.45, 7) is 2.12. The molecule has 2 aromatic carbocycles. The Morgan fingerprint density at radius 2 is 2.08 bits per heavy atom. The number of carbonyl (C=O) groups is 1. The maximum atomic E-state index is 12.7. The van der Waals surface area contributed by atoms with Gasteiger partial charge in [-0.3, -0.25) is 4.79 Å². The Balaban J connectivity index is 2.47. The molecule has 1 N–H and O–H groups in total. The maximum absolute atomic E-state index is 12.7. The van der Waals surface area contributed by atoms with Gasteiger partial charge >= 0.3 is 0 Å². The maximum Gasteiger partial charge on any atom is 0.259 e. The van der Waals surface area contributed by atoms with Gasteiger partial charge in [0, 0.05) is 6.07 Å². The second-order valence-electron chi connectivity index (χ2n) is 4.66. The molecule has 2 aromatic rings. The summed E-state index contributed by atoms with van der Waals surface area (Å²) in [5.41, 5.74) is 0.805. The van der Waals surface area contributed by atoms with Crippen molar-refractivity contribution in [1.82, 2.24) is 0 Å². The van der Waals surface area contributed by atoms with Crippen LogP contribution >= 0.6 is 23.2 Å². The fourth-order valence-electron chi connectivity index (χ4n) is 2.07. The molecule has 0 unspecified atom stereocenters. The molecule has 0 spiro atoms. The molecule has 0 aliphatic heterocycles. The molecule has 7 heteroatoms. The fourth-order valence-corrected chi connectivity index (χ4v) is 2.42. The van der Waals surface area contributed by atoms with Crippen molar-refractivity contribution < 1.29 is 14.3 Å². The van der Waals surface area contributed by atoms with Crippen LogP contribution in [0.1, 0.15) is 22.8 Å². The molecule has 0 heterocycles. The van der Waals surface area contributed by atoms with E-state index >= 15 is 0 Å². The van der Waals surface area contributed by atoms with Gasteiger partial charge < -0.3 is 14.8 Å². The Bertz CT molecular complexity index is 816. The summed E-state index contributed by atoms with van der Waals surface area (Å²) in [6, 6.07) is 9.83. The topological polar surface area (TPSA) is 71.3 Å². The Hall–Kier alpha value is -2.42. The molecule has 0 saturated carbocycles. The van der Waals surface area contributed by atoms with Crippen molar-refractivity contribution >= 4 is 34.8 Å². The molecule has 0 aromatic heterocycles. The molecule has 0 fully saturated rings. The van der Waals surface area contributed by atoms with Crippen LogP contribution in [0.5, 0.6) is 11.5 Å². The van der Waals surface area contributed by atoms with E-state index in [2.05, 4.69) is 5.32 Å². The first-order valence-electron chi connectivity index (χ1n) is 7.02. The molecule has 0 aliphatic rings. The summed E-state index contributed by atoms with van der Waals surface area (Å²) in [5.74, 6) is 0.0749. The number of amides is 1. The summed E-state index contributed by atoms with van der Waals surface area (Å²) < 4.78 is 10.7. The Morgan fingerprint density at radius 1 is 1.33 bits per heavy atom. The quantitative estimate of drug-likeness (QED) is 0.845. The smallest absolute Gasteiger partial charge is 0.259 e. The number of nitrogens with zero attached hydrogens (tertiary/aromatic N) is 1. The molecule has 124 valence electrons. The monoisotopic (exact) mass is 364 g/mol. The van der Waals surface area contributed by atoms with Gasteiger partial charge in [-0.05, 0) is 25.1 Å². The van der Waals surface area contributed by atoms with Crippen LogP contribution < -0.4 is 14.8 Å². The van der Waals surface area contributed by atoms with Crippen LogP contribution in [0.3, 0.4) is 0 Å². The zero-order valence-electron chi connectivity index (χ0n) is 13.0. The lowest BCUT2D eigenvalue weighted by Crippen LogP contribution is -2.15. The molecule has 5 nitrogen and oxygen atoms in total. The van der Waals surface area contributed by atoms with Crippen LogP contribution in [0.25, 0.3) is 0 Å². The largest absolute Gasteiger partial charge is 0.493 e. The van der Waals surface area contributed by atoms with E-state index in [1.54, 1.807) is 25.1 Å². The number of hydrogen-bond donors (Lipinski definition) is 1. The summed E-state index contributed by atoms with van der Waals surface area (Å²) >= 11 is 12.0. The molecular weight excluding hydrogens is 351 g/mol. The highest BCUT2D eigenvalue weighted by Crippen LogP contribution is 2.35. The van der Waals surface area contributed by atoms with Crippen molar-refractivity contribution in [1.29, 1.82) is 5.26 Å². The lowest BCUT2D eigenvalue weighted by atomic mass is 10.1. The Kier molecular flexibility index (Phi) is 5.91. The van der Waals surface area contributed by atoms with Gasteiger partial charge in [-0.1, -0.05) is 29.3 Å². The predicted octanol–water partition coefficient (Wildman–Crippen LogP) is 4.52. The third-order valence-electron chi connectivity index (χ3n) is 3.14. The van der Waals surface area contributed by atoms with Crippen molar-refractivity contribution in [3.63, 3.8) is 0 Å². The molecule has 1 amide bonds. The number of nitriles is 1. The lowest BCUT2D eigenvalue weighted by molar-refractivity contribution is 0.102. The van der Waals surface area contributed by atoms with Crippen LogP contribution in [0, 0.1) is 11.3 Å². The highest BCUT2D eigenvalue weighted by molar-refractivity contribution is 6.44. The summed E-state index contributed by atoms with van der Waals surface area (Å²) in [6.07, 6.45) is 0. The predicted molar refractivity (Wildman–Crippen MR) is 93.3 cm³/mol.